The third kappa shape index (κ3) is 59.6. The van der Waals surface area contributed by atoms with Gasteiger partial charge in [-0.1, -0.05) is 280 Å². The van der Waals surface area contributed by atoms with Crippen LogP contribution in [0.4, 0.5) is 0 Å². The normalized spacial score (nSPS) is 12.5. The average molecular weight is 1020 g/mol. The van der Waals surface area contributed by atoms with Crippen LogP contribution < -0.4 is 0 Å². The summed E-state index contributed by atoms with van der Waals surface area (Å²) in [6.07, 6.45) is 79.0. The zero-order valence-electron chi connectivity index (χ0n) is 48.4. The number of hydrogen-bond donors (Lipinski definition) is 0. The molecule has 0 spiro atoms. The van der Waals surface area contributed by atoms with Crippen molar-refractivity contribution in [3.63, 3.8) is 0 Å². The molecule has 422 valence electrons. The van der Waals surface area contributed by atoms with E-state index < -0.39 is 6.10 Å². The minimum absolute atomic E-state index is 0.0764. The molecule has 0 saturated heterocycles. The Morgan fingerprint density at radius 3 is 0.836 bits per heavy atom. The largest absolute Gasteiger partial charge is 0.462 e. The molecule has 0 aromatic rings. The van der Waals surface area contributed by atoms with Crippen LogP contribution in [0.25, 0.3) is 0 Å². The van der Waals surface area contributed by atoms with E-state index in [0.717, 1.165) is 96.3 Å². The molecule has 0 rings (SSSR count). The third-order valence-electron chi connectivity index (χ3n) is 13.7. The first-order valence-corrected chi connectivity index (χ1v) is 31.4. The summed E-state index contributed by atoms with van der Waals surface area (Å²) in [4.78, 5) is 38.2. The van der Waals surface area contributed by atoms with Crippen molar-refractivity contribution in [1.29, 1.82) is 0 Å². The fourth-order valence-electron chi connectivity index (χ4n) is 9.00. The molecule has 6 nitrogen and oxygen atoms in total. The lowest BCUT2D eigenvalue weighted by Crippen LogP contribution is -2.30. The van der Waals surface area contributed by atoms with Crippen LogP contribution in [0.3, 0.4) is 0 Å². The predicted octanol–water partition coefficient (Wildman–Crippen LogP) is 21.3. The van der Waals surface area contributed by atoms with Crippen LogP contribution in [0.5, 0.6) is 0 Å². The molecule has 0 aromatic heterocycles. The van der Waals surface area contributed by atoms with Gasteiger partial charge in [-0.3, -0.25) is 14.4 Å². The lowest BCUT2D eigenvalue weighted by Gasteiger charge is -2.18. The lowest BCUT2D eigenvalue weighted by atomic mass is 10.0. The number of carbonyl (C=O) groups excluding carboxylic acids is 3. The molecule has 0 aliphatic rings. The fourth-order valence-corrected chi connectivity index (χ4v) is 9.00. The van der Waals surface area contributed by atoms with Gasteiger partial charge >= 0.3 is 17.9 Å². The molecule has 0 N–H and O–H groups in total. The number of ether oxygens (including phenoxy) is 3. The van der Waals surface area contributed by atoms with Gasteiger partial charge in [0.05, 0.1) is 0 Å². The monoisotopic (exact) mass is 1020 g/mol. The highest BCUT2D eigenvalue weighted by Crippen LogP contribution is 2.16. The Morgan fingerprint density at radius 1 is 0.288 bits per heavy atom. The van der Waals surface area contributed by atoms with Crippen molar-refractivity contribution in [2.45, 2.75) is 322 Å². The second-order valence-electron chi connectivity index (χ2n) is 20.9. The van der Waals surface area contributed by atoms with E-state index in [2.05, 4.69) is 93.7 Å². The van der Waals surface area contributed by atoms with E-state index in [1.54, 1.807) is 0 Å². The maximum Gasteiger partial charge on any atom is 0.306 e. The Hall–Kier alpha value is -3.15. The van der Waals surface area contributed by atoms with Gasteiger partial charge in [-0.05, 0) is 89.9 Å². The van der Waals surface area contributed by atoms with Crippen molar-refractivity contribution in [3.05, 3.63) is 72.9 Å². The molecule has 0 aliphatic heterocycles. The van der Waals surface area contributed by atoms with E-state index >= 15 is 0 Å². The van der Waals surface area contributed by atoms with Gasteiger partial charge in [-0.2, -0.15) is 0 Å². The van der Waals surface area contributed by atoms with E-state index in [1.165, 1.54) is 180 Å². The Morgan fingerprint density at radius 2 is 0.534 bits per heavy atom. The first kappa shape index (κ1) is 69.8. The summed E-state index contributed by atoms with van der Waals surface area (Å²) < 4.78 is 16.9. The SMILES string of the molecule is CC/C=C\C/C=C\C/C=C\C/C=C\CCCCCCCCCCC(=O)OC(COC(=O)CCCCCCCCCCCCC)COC(=O)CCCCCCCCCCCCC/C=C\C/C=C\CCCCCCC. The van der Waals surface area contributed by atoms with Crippen LogP contribution in [0, 0.1) is 0 Å². The van der Waals surface area contributed by atoms with Crippen LogP contribution in [-0.4, -0.2) is 37.2 Å². The molecule has 1 atom stereocenters. The molecule has 73 heavy (non-hydrogen) atoms. The van der Waals surface area contributed by atoms with Crippen LogP contribution in [0.15, 0.2) is 72.9 Å². The quantitative estimate of drug-likeness (QED) is 0.0261. The van der Waals surface area contributed by atoms with E-state index in [0.29, 0.717) is 19.3 Å². The van der Waals surface area contributed by atoms with Gasteiger partial charge < -0.3 is 14.2 Å². The Balaban J connectivity index is 4.29. The highest BCUT2D eigenvalue weighted by atomic mass is 16.6. The average Bonchev–Trinajstić information content (AvgIpc) is 3.39. The molecule has 0 radical (unpaired) electrons. The molecule has 0 amide bonds. The van der Waals surface area contributed by atoms with Gasteiger partial charge in [0.1, 0.15) is 13.2 Å². The molecular weight excluding hydrogens is 901 g/mol. The smallest absolute Gasteiger partial charge is 0.306 e. The van der Waals surface area contributed by atoms with Crippen molar-refractivity contribution in [3.8, 4) is 0 Å². The highest BCUT2D eigenvalue weighted by Gasteiger charge is 2.19. The highest BCUT2D eigenvalue weighted by molar-refractivity contribution is 5.71. The summed E-state index contributed by atoms with van der Waals surface area (Å²) in [6.45, 7) is 6.54. The Labute approximate surface area is 453 Å². The standard InChI is InChI=1S/C67H118O6/c1-4-7-10-13-16-19-22-24-26-28-30-32-33-35-36-38-40-42-45-48-51-54-57-60-66(69)72-63-64(62-71-65(68)59-56-53-50-47-44-21-18-15-12-9-6-3)73-67(70)61-58-55-52-49-46-43-41-39-37-34-31-29-27-25-23-20-17-14-11-8-5-2/h8,11,17,20,22,24-25,27-28,30-31,34,64H,4-7,9-10,12-16,18-19,21,23,26,29,32-33,35-63H2,1-3H3/b11-8-,20-17-,24-22-,27-25-,30-28-,34-31-. The number of esters is 3. The second-order valence-corrected chi connectivity index (χ2v) is 20.9. The summed E-state index contributed by atoms with van der Waals surface area (Å²) in [6, 6.07) is 0. The number of unbranched alkanes of at least 4 members (excludes halogenated alkanes) is 34. The first-order chi connectivity index (χ1) is 36.0. The zero-order valence-corrected chi connectivity index (χ0v) is 48.4. The molecule has 0 aliphatic carbocycles. The minimum Gasteiger partial charge on any atom is -0.462 e. The Bertz CT molecular complexity index is 1360. The van der Waals surface area contributed by atoms with Gasteiger partial charge in [0, 0.05) is 19.3 Å². The van der Waals surface area contributed by atoms with Crippen molar-refractivity contribution in [2.24, 2.45) is 0 Å². The van der Waals surface area contributed by atoms with E-state index in [-0.39, 0.29) is 31.1 Å². The van der Waals surface area contributed by atoms with Crippen molar-refractivity contribution >= 4 is 17.9 Å². The third-order valence-corrected chi connectivity index (χ3v) is 13.7. The zero-order chi connectivity index (χ0) is 52.9. The van der Waals surface area contributed by atoms with Crippen molar-refractivity contribution in [1.82, 2.24) is 0 Å². The summed E-state index contributed by atoms with van der Waals surface area (Å²) in [7, 11) is 0. The summed E-state index contributed by atoms with van der Waals surface area (Å²) >= 11 is 0. The van der Waals surface area contributed by atoms with E-state index in [9.17, 15) is 14.4 Å². The number of rotatable bonds is 57. The molecule has 0 aromatic carbocycles. The van der Waals surface area contributed by atoms with E-state index in [4.69, 9.17) is 14.2 Å². The predicted molar refractivity (Wildman–Crippen MR) is 316 cm³/mol. The van der Waals surface area contributed by atoms with Gasteiger partial charge in [-0.25, -0.2) is 0 Å². The maximum atomic E-state index is 12.9. The van der Waals surface area contributed by atoms with Gasteiger partial charge in [0.25, 0.3) is 0 Å². The summed E-state index contributed by atoms with van der Waals surface area (Å²) in [5.41, 5.74) is 0. The summed E-state index contributed by atoms with van der Waals surface area (Å²) in [5.74, 6) is -0.874. The van der Waals surface area contributed by atoms with Gasteiger partial charge in [0.2, 0.25) is 0 Å². The van der Waals surface area contributed by atoms with E-state index in [1.807, 2.05) is 0 Å². The molecule has 1 unspecified atom stereocenters. The second kappa shape index (κ2) is 61.4. The molecule has 0 saturated carbocycles. The molecule has 0 heterocycles. The van der Waals surface area contributed by atoms with Crippen LogP contribution in [0.2, 0.25) is 0 Å². The van der Waals surface area contributed by atoms with Crippen LogP contribution in [0.1, 0.15) is 316 Å². The minimum atomic E-state index is -0.779. The number of hydrogen-bond acceptors (Lipinski definition) is 6. The van der Waals surface area contributed by atoms with Crippen molar-refractivity contribution < 1.29 is 28.6 Å². The molecule has 0 bridgehead atoms. The van der Waals surface area contributed by atoms with Gasteiger partial charge in [-0.15, -0.1) is 0 Å². The van der Waals surface area contributed by atoms with Crippen LogP contribution >= 0.6 is 0 Å². The topological polar surface area (TPSA) is 78.9 Å². The first-order valence-electron chi connectivity index (χ1n) is 31.4. The number of allylic oxidation sites excluding steroid dienone is 12. The Kier molecular flexibility index (Phi) is 58.7. The maximum absolute atomic E-state index is 12.9. The molecule has 0 fully saturated rings. The lowest BCUT2D eigenvalue weighted by molar-refractivity contribution is -0.167. The summed E-state index contributed by atoms with van der Waals surface area (Å²) in [5, 5.41) is 0. The van der Waals surface area contributed by atoms with Crippen molar-refractivity contribution in [2.75, 3.05) is 13.2 Å². The fraction of sp³-hybridized carbons (Fsp3) is 0.776. The molecular formula is C67H118O6. The van der Waals surface area contributed by atoms with Gasteiger partial charge in [0.15, 0.2) is 6.10 Å². The molecule has 6 heteroatoms. The number of carbonyl (C=O) groups is 3. The van der Waals surface area contributed by atoms with Crippen LogP contribution in [-0.2, 0) is 28.6 Å².